The third-order valence-corrected chi connectivity index (χ3v) is 4.94. The van der Waals surface area contributed by atoms with Gasteiger partial charge < -0.3 is 20.5 Å². The van der Waals surface area contributed by atoms with Crippen LogP contribution in [-0.4, -0.2) is 42.2 Å². The van der Waals surface area contributed by atoms with Gasteiger partial charge in [0.05, 0.1) is 11.7 Å². The lowest BCUT2D eigenvalue weighted by molar-refractivity contribution is -0.117. The summed E-state index contributed by atoms with van der Waals surface area (Å²) in [6, 6.07) is 5.19. The van der Waals surface area contributed by atoms with Gasteiger partial charge in [-0.15, -0.1) is 23.7 Å². The molecule has 136 valence electrons. The summed E-state index contributed by atoms with van der Waals surface area (Å²) in [6.07, 6.45) is 2.64. The molecule has 1 aromatic carbocycles. The van der Waals surface area contributed by atoms with Gasteiger partial charge in [0.25, 0.3) is 0 Å². The number of rotatable bonds is 6. The Morgan fingerprint density at radius 2 is 2.16 bits per heavy atom. The number of fused-ring (bicyclic) bond motifs is 1. The standard InChI is InChI=1S/C16H19N3O3S2.ClH/c1-23-7-4-11(17)15(20)19-16-18-12(9-24-16)10-2-3-13-14(8-10)22-6-5-21-13;/h2-3,8-9,11H,4-7,17H2,1H3,(H,18,19,20);1H. The summed E-state index contributed by atoms with van der Waals surface area (Å²) in [5.74, 6) is 2.12. The number of aromatic nitrogens is 1. The molecular formula is C16H20ClN3O3S2. The summed E-state index contributed by atoms with van der Waals surface area (Å²) in [5, 5.41) is 5.22. The van der Waals surface area contributed by atoms with Crippen molar-refractivity contribution in [2.45, 2.75) is 12.5 Å². The minimum Gasteiger partial charge on any atom is -0.486 e. The second-order valence-electron chi connectivity index (χ2n) is 5.27. The molecule has 0 aliphatic carbocycles. The van der Waals surface area contributed by atoms with Crippen LogP contribution in [0.15, 0.2) is 23.6 Å². The van der Waals surface area contributed by atoms with Gasteiger partial charge >= 0.3 is 0 Å². The molecule has 0 bridgehead atoms. The molecular weight excluding hydrogens is 382 g/mol. The number of amides is 1. The van der Waals surface area contributed by atoms with Crippen molar-refractivity contribution in [3.05, 3.63) is 23.6 Å². The molecule has 1 amide bonds. The molecule has 9 heteroatoms. The molecule has 6 nitrogen and oxygen atoms in total. The van der Waals surface area contributed by atoms with Gasteiger partial charge in [0.15, 0.2) is 16.6 Å². The maximum atomic E-state index is 12.0. The van der Waals surface area contributed by atoms with E-state index in [4.69, 9.17) is 15.2 Å². The lowest BCUT2D eigenvalue weighted by Gasteiger charge is -2.18. The lowest BCUT2D eigenvalue weighted by Crippen LogP contribution is -2.36. The van der Waals surface area contributed by atoms with Gasteiger partial charge in [0.1, 0.15) is 13.2 Å². The Kier molecular flexibility index (Phi) is 7.37. The van der Waals surface area contributed by atoms with Gasteiger partial charge in [-0.3, -0.25) is 4.79 Å². The van der Waals surface area contributed by atoms with E-state index in [9.17, 15) is 4.79 Å². The smallest absolute Gasteiger partial charge is 0.243 e. The number of carbonyl (C=O) groups is 1. The second kappa shape index (κ2) is 9.28. The molecule has 3 N–H and O–H groups in total. The second-order valence-corrected chi connectivity index (χ2v) is 7.12. The summed E-state index contributed by atoms with van der Waals surface area (Å²) >= 11 is 3.05. The number of nitrogens with two attached hydrogens (primary N) is 1. The molecule has 0 saturated carbocycles. The van der Waals surface area contributed by atoms with Gasteiger partial charge in [-0.05, 0) is 36.6 Å². The zero-order chi connectivity index (χ0) is 16.9. The molecule has 0 saturated heterocycles. The predicted molar refractivity (Wildman–Crippen MR) is 105 cm³/mol. The molecule has 0 radical (unpaired) electrons. The van der Waals surface area contributed by atoms with Gasteiger partial charge in [0, 0.05) is 10.9 Å². The Morgan fingerprint density at radius 3 is 2.92 bits per heavy atom. The molecule has 1 aliphatic heterocycles. The summed E-state index contributed by atoms with van der Waals surface area (Å²) < 4.78 is 11.1. The lowest BCUT2D eigenvalue weighted by atomic mass is 10.1. The van der Waals surface area contributed by atoms with Crippen LogP contribution in [-0.2, 0) is 4.79 Å². The minimum atomic E-state index is -0.515. The van der Waals surface area contributed by atoms with Crippen molar-refractivity contribution >= 4 is 46.5 Å². The first-order chi connectivity index (χ1) is 11.7. The summed E-state index contributed by atoms with van der Waals surface area (Å²) in [6.45, 7) is 1.11. The van der Waals surface area contributed by atoms with Crippen LogP contribution in [0.25, 0.3) is 11.3 Å². The fourth-order valence-electron chi connectivity index (χ4n) is 2.24. The number of anilines is 1. The summed E-state index contributed by atoms with van der Waals surface area (Å²) in [5.41, 5.74) is 7.57. The van der Waals surface area contributed by atoms with Crippen LogP contribution in [0.1, 0.15) is 6.42 Å². The van der Waals surface area contributed by atoms with E-state index < -0.39 is 6.04 Å². The third-order valence-electron chi connectivity index (χ3n) is 3.54. The molecule has 0 spiro atoms. The molecule has 1 aromatic heterocycles. The molecule has 2 aromatic rings. The van der Waals surface area contributed by atoms with Crippen molar-refractivity contribution < 1.29 is 14.3 Å². The normalized spacial score (nSPS) is 13.7. The number of benzene rings is 1. The van der Waals surface area contributed by atoms with Crippen LogP contribution in [0.5, 0.6) is 11.5 Å². The molecule has 25 heavy (non-hydrogen) atoms. The van der Waals surface area contributed by atoms with Crippen LogP contribution in [0.2, 0.25) is 0 Å². The Balaban J connectivity index is 0.00000225. The molecule has 0 fully saturated rings. The van der Waals surface area contributed by atoms with Crippen molar-refractivity contribution in [2.75, 3.05) is 30.5 Å². The topological polar surface area (TPSA) is 86.5 Å². The van der Waals surface area contributed by atoms with Crippen molar-refractivity contribution in [1.82, 2.24) is 4.98 Å². The van der Waals surface area contributed by atoms with Gasteiger partial charge in [-0.25, -0.2) is 4.98 Å². The van der Waals surface area contributed by atoms with E-state index >= 15 is 0 Å². The van der Waals surface area contributed by atoms with Crippen LogP contribution >= 0.6 is 35.5 Å². The van der Waals surface area contributed by atoms with E-state index in [0.717, 1.165) is 28.5 Å². The maximum Gasteiger partial charge on any atom is 0.243 e. The number of thiazole rings is 1. The molecule has 2 heterocycles. The molecule has 1 aliphatic rings. The number of nitrogens with one attached hydrogen (secondary N) is 1. The summed E-state index contributed by atoms with van der Waals surface area (Å²) in [4.78, 5) is 16.5. The van der Waals surface area contributed by atoms with Crippen molar-refractivity contribution in [2.24, 2.45) is 5.73 Å². The first-order valence-corrected chi connectivity index (χ1v) is 9.85. The SMILES string of the molecule is CSCCC(N)C(=O)Nc1nc(-c2ccc3c(c2)OCCO3)cs1.Cl. The maximum absolute atomic E-state index is 12.0. The average molecular weight is 402 g/mol. The molecule has 1 atom stereocenters. The van der Waals surface area contributed by atoms with Crippen LogP contribution in [0.3, 0.4) is 0 Å². The Bertz CT molecular complexity index is 726. The van der Waals surface area contributed by atoms with Crippen LogP contribution in [0.4, 0.5) is 5.13 Å². The number of carbonyl (C=O) groups excluding carboxylic acids is 1. The highest BCUT2D eigenvalue weighted by atomic mass is 35.5. The highest BCUT2D eigenvalue weighted by Crippen LogP contribution is 2.35. The first-order valence-electron chi connectivity index (χ1n) is 7.58. The van der Waals surface area contributed by atoms with Gasteiger partial charge in [0.2, 0.25) is 5.91 Å². The van der Waals surface area contributed by atoms with Crippen LogP contribution < -0.4 is 20.5 Å². The fourth-order valence-corrected chi connectivity index (χ4v) is 3.45. The number of nitrogens with zero attached hydrogens (tertiary/aromatic N) is 1. The predicted octanol–water partition coefficient (Wildman–Crippen LogP) is 3.02. The number of thioether (sulfide) groups is 1. The van der Waals surface area contributed by atoms with E-state index in [2.05, 4.69) is 10.3 Å². The van der Waals surface area contributed by atoms with E-state index in [1.54, 1.807) is 11.8 Å². The quantitative estimate of drug-likeness (QED) is 0.773. The Morgan fingerprint density at radius 1 is 1.40 bits per heavy atom. The Labute approximate surface area is 160 Å². The number of halogens is 1. The average Bonchev–Trinajstić information content (AvgIpc) is 3.07. The molecule has 3 rings (SSSR count). The van der Waals surface area contributed by atoms with Gasteiger partial charge in [-0.1, -0.05) is 0 Å². The first kappa shape index (κ1) is 19.8. The number of hydrogen-bond acceptors (Lipinski definition) is 7. The zero-order valence-electron chi connectivity index (χ0n) is 13.7. The highest BCUT2D eigenvalue weighted by molar-refractivity contribution is 7.98. The van der Waals surface area contributed by atoms with Crippen molar-refractivity contribution in [3.63, 3.8) is 0 Å². The van der Waals surface area contributed by atoms with E-state index in [0.29, 0.717) is 24.8 Å². The van der Waals surface area contributed by atoms with Gasteiger partial charge in [-0.2, -0.15) is 11.8 Å². The highest BCUT2D eigenvalue weighted by Gasteiger charge is 2.16. The monoisotopic (exact) mass is 401 g/mol. The van der Waals surface area contributed by atoms with Crippen molar-refractivity contribution in [1.29, 1.82) is 0 Å². The third kappa shape index (κ3) is 5.01. The molecule has 1 unspecified atom stereocenters. The summed E-state index contributed by atoms with van der Waals surface area (Å²) in [7, 11) is 0. The zero-order valence-corrected chi connectivity index (χ0v) is 16.1. The van der Waals surface area contributed by atoms with Crippen molar-refractivity contribution in [3.8, 4) is 22.8 Å². The Hall–Kier alpha value is -1.48. The van der Waals surface area contributed by atoms with E-state index in [-0.39, 0.29) is 18.3 Å². The minimum absolute atomic E-state index is 0. The van der Waals surface area contributed by atoms with Crippen LogP contribution in [0, 0.1) is 0 Å². The number of ether oxygens (including phenoxy) is 2. The van der Waals surface area contributed by atoms with E-state index in [1.807, 2.05) is 29.8 Å². The number of hydrogen-bond donors (Lipinski definition) is 2. The largest absolute Gasteiger partial charge is 0.486 e. The fraction of sp³-hybridized carbons (Fsp3) is 0.375. The van der Waals surface area contributed by atoms with E-state index in [1.165, 1.54) is 11.3 Å².